The van der Waals surface area contributed by atoms with E-state index in [4.69, 9.17) is 16.7 Å². The highest BCUT2D eigenvalue weighted by atomic mass is 32.1. The zero-order chi connectivity index (χ0) is 10.6. The first-order valence-corrected chi connectivity index (χ1v) is 4.94. The molecule has 1 aromatic rings. The van der Waals surface area contributed by atoms with Crippen LogP contribution in [0.25, 0.3) is 0 Å². The van der Waals surface area contributed by atoms with Gasteiger partial charge in [-0.2, -0.15) is 0 Å². The van der Waals surface area contributed by atoms with Crippen LogP contribution in [-0.2, 0) is 6.54 Å². The molecule has 0 amide bonds. The van der Waals surface area contributed by atoms with Gasteiger partial charge in [0.1, 0.15) is 6.26 Å². The van der Waals surface area contributed by atoms with Crippen molar-refractivity contribution in [1.29, 1.82) is 0 Å². The van der Waals surface area contributed by atoms with Gasteiger partial charge in [-0.1, -0.05) is 5.16 Å². The van der Waals surface area contributed by atoms with E-state index in [2.05, 4.69) is 15.8 Å². The van der Waals surface area contributed by atoms with Crippen LogP contribution in [0.3, 0.4) is 0 Å². The number of nitrogens with zero attached hydrogens (tertiary/aromatic N) is 1. The second-order valence-corrected chi connectivity index (χ2v) is 3.82. The molecule has 1 aromatic heterocycles. The van der Waals surface area contributed by atoms with Gasteiger partial charge in [0.2, 0.25) is 0 Å². The predicted molar refractivity (Wildman–Crippen MR) is 58.9 cm³/mol. The van der Waals surface area contributed by atoms with Crippen LogP contribution in [0, 0.1) is 6.92 Å². The van der Waals surface area contributed by atoms with Crippen molar-refractivity contribution in [3.63, 3.8) is 0 Å². The molecule has 0 fully saturated rings. The van der Waals surface area contributed by atoms with E-state index < -0.39 is 0 Å². The highest BCUT2D eigenvalue weighted by Crippen LogP contribution is 2.03. The lowest BCUT2D eigenvalue weighted by molar-refractivity contribution is 0.414. The molecule has 0 saturated heterocycles. The number of hydrogen-bond donors (Lipinski definition) is 2. The van der Waals surface area contributed by atoms with Crippen LogP contribution in [0.15, 0.2) is 10.8 Å². The number of hydrogen-bond acceptors (Lipinski definition) is 3. The second-order valence-electron chi connectivity index (χ2n) is 3.41. The van der Waals surface area contributed by atoms with E-state index in [1.165, 1.54) is 0 Å². The molecule has 0 aliphatic rings. The molecule has 1 heterocycles. The fourth-order valence-corrected chi connectivity index (χ4v) is 1.28. The van der Waals surface area contributed by atoms with Crippen molar-refractivity contribution in [2.24, 2.45) is 0 Å². The second kappa shape index (κ2) is 4.95. The minimum absolute atomic E-state index is 0.346. The van der Waals surface area contributed by atoms with E-state index in [1.54, 1.807) is 6.26 Å². The molecule has 78 valence electrons. The van der Waals surface area contributed by atoms with E-state index >= 15 is 0 Å². The Hall–Kier alpha value is -1.10. The summed E-state index contributed by atoms with van der Waals surface area (Å²) < 4.78 is 4.80. The van der Waals surface area contributed by atoms with Crippen LogP contribution < -0.4 is 10.6 Å². The summed E-state index contributed by atoms with van der Waals surface area (Å²) in [7, 11) is 0. The first-order valence-electron chi connectivity index (χ1n) is 4.54. The number of aryl methyl sites for hydroxylation is 1. The van der Waals surface area contributed by atoms with E-state index in [9.17, 15) is 0 Å². The zero-order valence-corrected chi connectivity index (χ0v) is 9.44. The van der Waals surface area contributed by atoms with Gasteiger partial charge in [-0.25, -0.2) is 0 Å². The van der Waals surface area contributed by atoms with E-state index in [-0.39, 0.29) is 0 Å². The minimum atomic E-state index is 0.346. The first-order chi connectivity index (χ1) is 6.59. The maximum atomic E-state index is 5.07. The Bertz CT molecular complexity index is 309. The molecule has 0 unspecified atom stereocenters. The van der Waals surface area contributed by atoms with Crippen molar-refractivity contribution >= 4 is 17.3 Å². The summed E-state index contributed by atoms with van der Waals surface area (Å²) in [4.78, 5) is 0. The van der Waals surface area contributed by atoms with Crippen molar-refractivity contribution in [1.82, 2.24) is 15.8 Å². The Morgan fingerprint density at radius 2 is 2.36 bits per heavy atom. The Kier molecular flexibility index (Phi) is 3.88. The van der Waals surface area contributed by atoms with Gasteiger partial charge in [0.15, 0.2) is 5.11 Å². The maximum absolute atomic E-state index is 5.07. The summed E-state index contributed by atoms with van der Waals surface area (Å²) in [5.41, 5.74) is 1.92. The van der Waals surface area contributed by atoms with Crippen LogP contribution in [0.1, 0.15) is 25.1 Å². The lowest BCUT2D eigenvalue weighted by atomic mass is 10.3. The number of rotatable bonds is 3. The molecular formula is C9H15N3OS. The average Bonchev–Trinajstić information content (AvgIpc) is 2.46. The maximum Gasteiger partial charge on any atom is 0.166 e. The molecule has 0 aliphatic carbocycles. The number of nitrogens with one attached hydrogen (secondary N) is 2. The van der Waals surface area contributed by atoms with Gasteiger partial charge in [-0.05, 0) is 33.0 Å². The number of thiocarbonyl (C=S) groups is 1. The summed E-state index contributed by atoms with van der Waals surface area (Å²) in [6, 6.07) is 0.346. The normalized spacial score (nSPS) is 10.3. The van der Waals surface area contributed by atoms with Gasteiger partial charge in [-0.3, -0.25) is 0 Å². The monoisotopic (exact) mass is 213 g/mol. The van der Waals surface area contributed by atoms with Crippen LogP contribution in [0.5, 0.6) is 0 Å². The Labute approximate surface area is 89.0 Å². The standard InChI is InChI=1S/C9H15N3OS/c1-6(2)11-9(14)10-4-8-5-13-12-7(8)3/h5-6H,4H2,1-3H3,(H2,10,11,14). The molecule has 0 atom stereocenters. The molecule has 14 heavy (non-hydrogen) atoms. The van der Waals surface area contributed by atoms with Gasteiger partial charge in [0.05, 0.1) is 5.69 Å². The third-order valence-electron chi connectivity index (χ3n) is 1.71. The van der Waals surface area contributed by atoms with E-state index in [0.717, 1.165) is 11.3 Å². The molecule has 0 saturated carbocycles. The highest BCUT2D eigenvalue weighted by molar-refractivity contribution is 7.80. The summed E-state index contributed by atoms with van der Waals surface area (Å²) >= 11 is 5.07. The van der Waals surface area contributed by atoms with E-state index in [0.29, 0.717) is 17.7 Å². The molecule has 0 spiro atoms. The van der Waals surface area contributed by atoms with Gasteiger partial charge < -0.3 is 15.2 Å². The quantitative estimate of drug-likeness (QED) is 0.742. The lowest BCUT2D eigenvalue weighted by Crippen LogP contribution is -2.38. The predicted octanol–water partition coefficient (Wildman–Crippen LogP) is 1.36. The van der Waals surface area contributed by atoms with Crippen molar-refractivity contribution < 1.29 is 4.52 Å². The highest BCUT2D eigenvalue weighted by Gasteiger charge is 2.03. The third-order valence-corrected chi connectivity index (χ3v) is 1.97. The topological polar surface area (TPSA) is 50.1 Å². The van der Waals surface area contributed by atoms with Crippen LogP contribution in [0.4, 0.5) is 0 Å². The van der Waals surface area contributed by atoms with Crippen molar-refractivity contribution in [2.45, 2.75) is 33.4 Å². The third kappa shape index (κ3) is 3.33. The van der Waals surface area contributed by atoms with Crippen LogP contribution in [0.2, 0.25) is 0 Å². The van der Waals surface area contributed by atoms with Gasteiger partial charge in [-0.15, -0.1) is 0 Å². The molecule has 0 radical (unpaired) electrons. The molecule has 0 bridgehead atoms. The van der Waals surface area contributed by atoms with E-state index in [1.807, 2.05) is 20.8 Å². The smallest absolute Gasteiger partial charge is 0.166 e. The van der Waals surface area contributed by atoms with Crippen molar-refractivity contribution in [3.8, 4) is 0 Å². The van der Waals surface area contributed by atoms with Crippen molar-refractivity contribution in [2.75, 3.05) is 0 Å². The summed E-state index contributed by atoms with van der Waals surface area (Å²) in [5, 5.41) is 10.6. The average molecular weight is 213 g/mol. The zero-order valence-electron chi connectivity index (χ0n) is 8.63. The largest absolute Gasteiger partial charge is 0.364 e. The molecule has 4 nitrogen and oxygen atoms in total. The fraction of sp³-hybridized carbons (Fsp3) is 0.556. The van der Waals surface area contributed by atoms with Gasteiger partial charge in [0.25, 0.3) is 0 Å². The molecule has 2 N–H and O–H groups in total. The number of aromatic nitrogens is 1. The molecule has 0 aliphatic heterocycles. The SMILES string of the molecule is Cc1nocc1CNC(=S)NC(C)C. The summed E-state index contributed by atoms with van der Waals surface area (Å²) in [6.45, 7) is 6.63. The van der Waals surface area contributed by atoms with Gasteiger partial charge in [0, 0.05) is 18.2 Å². The fourth-order valence-electron chi connectivity index (χ4n) is 0.971. The Balaban J connectivity index is 2.34. The minimum Gasteiger partial charge on any atom is -0.364 e. The van der Waals surface area contributed by atoms with Crippen LogP contribution in [-0.4, -0.2) is 16.3 Å². The van der Waals surface area contributed by atoms with Crippen LogP contribution >= 0.6 is 12.2 Å². The Morgan fingerprint density at radius 1 is 1.64 bits per heavy atom. The molecule has 1 rings (SSSR count). The molecule has 0 aromatic carbocycles. The molecule has 5 heteroatoms. The Morgan fingerprint density at radius 3 is 2.86 bits per heavy atom. The van der Waals surface area contributed by atoms with Gasteiger partial charge >= 0.3 is 0 Å². The summed E-state index contributed by atoms with van der Waals surface area (Å²) in [6.07, 6.45) is 1.63. The summed E-state index contributed by atoms with van der Waals surface area (Å²) in [5.74, 6) is 0. The molecular weight excluding hydrogens is 198 g/mol. The lowest BCUT2D eigenvalue weighted by Gasteiger charge is -2.12. The first kappa shape index (κ1) is 11.0. The van der Waals surface area contributed by atoms with Crippen molar-refractivity contribution in [3.05, 3.63) is 17.5 Å².